The summed E-state index contributed by atoms with van der Waals surface area (Å²) >= 11 is 0. The Morgan fingerprint density at radius 3 is 2.50 bits per heavy atom. The van der Waals surface area contributed by atoms with Gasteiger partial charge < -0.3 is 15.4 Å². The number of para-hydroxylation sites is 1. The van der Waals surface area contributed by atoms with Gasteiger partial charge in [-0.05, 0) is 48.9 Å². The minimum absolute atomic E-state index is 0. The Labute approximate surface area is 193 Å². The van der Waals surface area contributed by atoms with E-state index in [2.05, 4.69) is 20.7 Å². The molecule has 0 bridgehead atoms. The predicted octanol–water partition coefficient (Wildman–Crippen LogP) is 3.81. The second kappa shape index (κ2) is 12.8. The van der Waals surface area contributed by atoms with Crippen molar-refractivity contribution in [2.24, 2.45) is 4.99 Å². The molecule has 0 atom stereocenters. The Bertz CT molecular complexity index is 899. The molecule has 1 heterocycles. The number of aromatic nitrogens is 2. The fourth-order valence-corrected chi connectivity index (χ4v) is 2.75. The molecule has 2 aromatic carbocycles. The van der Waals surface area contributed by atoms with Crippen molar-refractivity contribution in [2.75, 3.05) is 26.7 Å². The van der Waals surface area contributed by atoms with Crippen LogP contribution in [0.4, 0.5) is 4.39 Å². The van der Waals surface area contributed by atoms with E-state index in [1.54, 1.807) is 23.9 Å². The third-order valence-electron chi connectivity index (χ3n) is 4.26. The van der Waals surface area contributed by atoms with E-state index in [1.807, 2.05) is 42.6 Å². The number of guanidine groups is 1. The molecule has 6 nitrogen and oxygen atoms in total. The Kier molecular flexibility index (Phi) is 10.1. The highest BCUT2D eigenvalue weighted by Crippen LogP contribution is 2.09. The van der Waals surface area contributed by atoms with E-state index >= 15 is 0 Å². The molecule has 0 aliphatic heterocycles. The summed E-state index contributed by atoms with van der Waals surface area (Å²) in [6, 6.07) is 18.0. The highest BCUT2D eigenvalue weighted by Gasteiger charge is 2.03. The highest BCUT2D eigenvalue weighted by molar-refractivity contribution is 14.0. The standard InChI is InChI=1S/C22H26FN5O.HI/c1-24-22(25-14-5-17-29-21-6-3-2-4-7-21)26-15-12-19-13-16-28(27-19)20-10-8-18(23)9-11-20;/h2-4,6-11,13,16H,5,12,14-15,17H2,1H3,(H2,24,25,26);1H. The topological polar surface area (TPSA) is 63.5 Å². The van der Waals surface area contributed by atoms with Crippen LogP contribution in [-0.4, -0.2) is 42.5 Å². The highest BCUT2D eigenvalue weighted by atomic mass is 127. The van der Waals surface area contributed by atoms with Crippen molar-refractivity contribution < 1.29 is 9.13 Å². The molecule has 3 rings (SSSR count). The molecule has 0 amide bonds. The van der Waals surface area contributed by atoms with Gasteiger partial charge in [0, 0.05) is 32.8 Å². The van der Waals surface area contributed by atoms with Crippen molar-refractivity contribution in [3.8, 4) is 11.4 Å². The Balaban J connectivity index is 0.00000320. The monoisotopic (exact) mass is 523 g/mol. The van der Waals surface area contributed by atoms with Crippen LogP contribution in [0.25, 0.3) is 5.69 Å². The lowest BCUT2D eigenvalue weighted by Gasteiger charge is -2.11. The summed E-state index contributed by atoms with van der Waals surface area (Å²) in [7, 11) is 1.75. The van der Waals surface area contributed by atoms with Crippen LogP contribution >= 0.6 is 24.0 Å². The number of hydrogen-bond donors (Lipinski definition) is 2. The molecule has 8 heteroatoms. The van der Waals surface area contributed by atoms with Crippen molar-refractivity contribution in [1.29, 1.82) is 0 Å². The van der Waals surface area contributed by atoms with E-state index in [9.17, 15) is 4.39 Å². The van der Waals surface area contributed by atoms with E-state index in [0.717, 1.165) is 42.5 Å². The molecule has 0 aliphatic rings. The average Bonchev–Trinajstić information content (AvgIpc) is 3.22. The smallest absolute Gasteiger partial charge is 0.190 e. The van der Waals surface area contributed by atoms with Crippen molar-refractivity contribution in [1.82, 2.24) is 20.4 Å². The van der Waals surface area contributed by atoms with Gasteiger partial charge in [-0.15, -0.1) is 24.0 Å². The van der Waals surface area contributed by atoms with Crippen molar-refractivity contribution in [3.63, 3.8) is 0 Å². The summed E-state index contributed by atoms with van der Waals surface area (Å²) in [6.07, 6.45) is 3.51. The molecule has 0 radical (unpaired) electrons. The molecule has 0 saturated heterocycles. The first-order chi connectivity index (χ1) is 14.2. The van der Waals surface area contributed by atoms with E-state index in [0.29, 0.717) is 13.2 Å². The second-order valence-electron chi connectivity index (χ2n) is 6.42. The molecular weight excluding hydrogens is 496 g/mol. The first kappa shape index (κ1) is 23.7. The Morgan fingerprint density at radius 1 is 1.03 bits per heavy atom. The van der Waals surface area contributed by atoms with Crippen LogP contribution in [0.2, 0.25) is 0 Å². The fourth-order valence-electron chi connectivity index (χ4n) is 2.75. The third-order valence-corrected chi connectivity index (χ3v) is 4.26. The molecule has 0 saturated carbocycles. The summed E-state index contributed by atoms with van der Waals surface area (Å²) in [5.41, 5.74) is 1.79. The summed E-state index contributed by atoms with van der Waals surface area (Å²) in [5, 5.41) is 11.1. The van der Waals surface area contributed by atoms with Gasteiger partial charge in [-0.3, -0.25) is 4.99 Å². The first-order valence-corrected chi connectivity index (χ1v) is 9.67. The van der Waals surface area contributed by atoms with E-state index < -0.39 is 0 Å². The molecule has 30 heavy (non-hydrogen) atoms. The molecule has 2 N–H and O–H groups in total. The maximum atomic E-state index is 13.0. The Morgan fingerprint density at radius 2 is 1.77 bits per heavy atom. The molecule has 1 aromatic heterocycles. The fraction of sp³-hybridized carbons (Fsp3) is 0.273. The van der Waals surface area contributed by atoms with Crippen molar-refractivity contribution in [3.05, 3.63) is 78.4 Å². The van der Waals surface area contributed by atoms with Gasteiger partial charge in [0.25, 0.3) is 0 Å². The lowest BCUT2D eigenvalue weighted by molar-refractivity contribution is 0.311. The molecule has 0 aliphatic carbocycles. The van der Waals surface area contributed by atoms with Gasteiger partial charge in [0.2, 0.25) is 0 Å². The summed E-state index contributed by atoms with van der Waals surface area (Å²) in [5.74, 6) is 1.38. The number of ether oxygens (including phenoxy) is 1. The molecule has 0 fully saturated rings. The van der Waals surface area contributed by atoms with Gasteiger partial charge in [-0.2, -0.15) is 5.10 Å². The second-order valence-corrected chi connectivity index (χ2v) is 6.42. The molecular formula is C22H27FIN5O. The van der Waals surface area contributed by atoms with E-state index in [-0.39, 0.29) is 29.8 Å². The van der Waals surface area contributed by atoms with Crippen LogP contribution in [0.3, 0.4) is 0 Å². The van der Waals surface area contributed by atoms with Crippen molar-refractivity contribution in [2.45, 2.75) is 12.8 Å². The lowest BCUT2D eigenvalue weighted by Crippen LogP contribution is -2.39. The largest absolute Gasteiger partial charge is 0.494 e. The summed E-state index contributed by atoms with van der Waals surface area (Å²) < 4.78 is 20.4. The van der Waals surface area contributed by atoms with E-state index in [4.69, 9.17) is 4.74 Å². The lowest BCUT2D eigenvalue weighted by atomic mass is 10.3. The van der Waals surface area contributed by atoms with Crippen molar-refractivity contribution >= 4 is 29.9 Å². The van der Waals surface area contributed by atoms with Crippen LogP contribution in [-0.2, 0) is 6.42 Å². The van der Waals surface area contributed by atoms with Gasteiger partial charge in [0.1, 0.15) is 11.6 Å². The molecule has 0 spiro atoms. The number of hydrogen-bond acceptors (Lipinski definition) is 3. The zero-order valence-electron chi connectivity index (χ0n) is 16.9. The van der Waals surface area contributed by atoms with Gasteiger partial charge in [-0.1, -0.05) is 18.2 Å². The Hall–Kier alpha value is -2.62. The van der Waals surface area contributed by atoms with Gasteiger partial charge in [-0.25, -0.2) is 9.07 Å². The van der Waals surface area contributed by atoms with Crippen LogP contribution in [0.15, 0.2) is 71.9 Å². The summed E-state index contributed by atoms with van der Waals surface area (Å²) in [4.78, 5) is 4.23. The zero-order chi connectivity index (χ0) is 20.3. The molecule has 0 unspecified atom stereocenters. The molecule has 160 valence electrons. The van der Waals surface area contributed by atoms with E-state index in [1.165, 1.54) is 12.1 Å². The number of nitrogens with one attached hydrogen (secondary N) is 2. The average molecular weight is 523 g/mol. The number of nitrogens with zero attached hydrogens (tertiary/aromatic N) is 3. The normalized spacial score (nSPS) is 10.9. The first-order valence-electron chi connectivity index (χ1n) is 9.67. The van der Waals surface area contributed by atoms with Crippen LogP contribution in [0, 0.1) is 5.82 Å². The van der Waals surface area contributed by atoms with Gasteiger partial charge in [0.05, 0.1) is 18.0 Å². The minimum Gasteiger partial charge on any atom is -0.494 e. The predicted molar refractivity (Wildman–Crippen MR) is 129 cm³/mol. The number of benzene rings is 2. The molecule has 3 aromatic rings. The zero-order valence-corrected chi connectivity index (χ0v) is 19.3. The number of halogens is 2. The van der Waals surface area contributed by atoms with Crippen LogP contribution < -0.4 is 15.4 Å². The maximum absolute atomic E-state index is 13.0. The van der Waals surface area contributed by atoms with Gasteiger partial charge in [0.15, 0.2) is 5.96 Å². The SMILES string of the molecule is CN=C(NCCCOc1ccccc1)NCCc1ccn(-c2ccc(F)cc2)n1.I. The maximum Gasteiger partial charge on any atom is 0.190 e. The quantitative estimate of drug-likeness (QED) is 0.194. The third kappa shape index (κ3) is 7.66. The van der Waals surface area contributed by atoms with Crippen LogP contribution in [0.5, 0.6) is 5.75 Å². The van der Waals surface area contributed by atoms with Gasteiger partial charge >= 0.3 is 0 Å². The number of rotatable bonds is 9. The minimum atomic E-state index is -0.254. The number of aliphatic imine (C=N–C) groups is 1. The van der Waals surface area contributed by atoms with Crippen LogP contribution in [0.1, 0.15) is 12.1 Å². The summed E-state index contributed by atoms with van der Waals surface area (Å²) in [6.45, 7) is 2.13.